The first-order valence-electron chi connectivity index (χ1n) is 14.3. The Bertz CT molecular complexity index is 1600. The fourth-order valence-corrected chi connectivity index (χ4v) is 23.7. The van der Waals surface area contributed by atoms with Crippen LogP contribution in [0.4, 0.5) is 0 Å². The monoisotopic (exact) mass is 644 g/mol. The van der Waals surface area contributed by atoms with E-state index < -0.39 is 27.4 Å². The van der Waals surface area contributed by atoms with Gasteiger partial charge in [-0.2, -0.15) is 0 Å². The van der Waals surface area contributed by atoms with Crippen molar-refractivity contribution < 1.29 is 17.9 Å². The van der Waals surface area contributed by atoms with Gasteiger partial charge in [-0.25, -0.2) is 0 Å². The van der Waals surface area contributed by atoms with Crippen LogP contribution in [-0.2, 0) is 17.9 Å². The molecule has 39 heavy (non-hydrogen) atoms. The number of hydrogen-bond acceptors (Lipinski definition) is 0. The van der Waals surface area contributed by atoms with Crippen LogP contribution in [0.2, 0.25) is 0 Å². The average Bonchev–Trinajstić information content (AvgIpc) is 3.50. The molecule has 0 fully saturated rings. The molecular formula is C35H36Cl2SiZr. The van der Waals surface area contributed by atoms with Crippen molar-refractivity contribution in [3.05, 3.63) is 107 Å². The molecule has 6 rings (SSSR count). The predicted octanol–water partition coefficient (Wildman–Crippen LogP) is 8.30. The second-order valence-corrected chi connectivity index (χ2v) is 27.4. The molecule has 4 aromatic carbocycles. The SMILES string of the molecule is CCCCC1=Cc2c(ccc(C)c2-c2ccccc2C(C)C)[CH]1[Zr]([Cl])([Cl])[c]1cccc2c1[SiH2]c1ccccc1-2. The molecule has 1 atom stereocenters. The van der Waals surface area contributed by atoms with E-state index in [0.717, 1.165) is 12.8 Å². The second kappa shape index (κ2) is 10.9. The Hall–Kier alpha value is -1.70. The second-order valence-electron chi connectivity index (χ2n) is 11.5. The van der Waals surface area contributed by atoms with Crippen molar-refractivity contribution in [1.29, 1.82) is 0 Å². The van der Waals surface area contributed by atoms with Crippen LogP contribution >= 0.6 is 17.0 Å². The molecule has 1 aliphatic carbocycles. The number of rotatable bonds is 7. The summed E-state index contributed by atoms with van der Waals surface area (Å²) in [5, 5.41) is 3.02. The van der Waals surface area contributed by atoms with Gasteiger partial charge in [0.2, 0.25) is 0 Å². The van der Waals surface area contributed by atoms with Gasteiger partial charge in [0.15, 0.2) is 0 Å². The molecule has 0 spiro atoms. The van der Waals surface area contributed by atoms with Crippen LogP contribution in [0.25, 0.3) is 28.3 Å². The van der Waals surface area contributed by atoms with Crippen LogP contribution in [-0.4, -0.2) is 9.52 Å². The normalized spacial score (nSPS) is 16.4. The summed E-state index contributed by atoms with van der Waals surface area (Å²) < 4.78 is 1.46. The number of benzene rings is 4. The van der Waals surface area contributed by atoms with E-state index in [9.17, 15) is 0 Å². The summed E-state index contributed by atoms with van der Waals surface area (Å²) in [5.74, 6) is 0.454. The van der Waals surface area contributed by atoms with Crippen molar-refractivity contribution in [2.45, 2.75) is 56.5 Å². The van der Waals surface area contributed by atoms with Crippen LogP contribution in [0.3, 0.4) is 0 Å². The Kier molecular flexibility index (Phi) is 7.71. The minimum absolute atomic E-state index is 0.138. The van der Waals surface area contributed by atoms with Crippen molar-refractivity contribution in [2.24, 2.45) is 0 Å². The first kappa shape index (κ1) is 27.5. The average molecular weight is 647 g/mol. The third-order valence-electron chi connectivity index (χ3n) is 8.74. The predicted molar refractivity (Wildman–Crippen MR) is 172 cm³/mol. The number of allylic oxidation sites excluding steroid dienone is 1. The Morgan fingerprint density at radius 2 is 1.56 bits per heavy atom. The molecule has 4 heteroatoms. The third kappa shape index (κ3) is 4.70. The van der Waals surface area contributed by atoms with Crippen molar-refractivity contribution in [3.63, 3.8) is 0 Å². The van der Waals surface area contributed by atoms with Crippen molar-refractivity contribution in [3.8, 4) is 22.3 Å². The molecular weight excluding hydrogens is 611 g/mol. The quantitative estimate of drug-likeness (QED) is 0.156. The molecule has 1 aliphatic heterocycles. The van der Waals surface area contributed by atoms with Crippen LogP contribution in [0.5, 0.6) is 0 Å². The summed E-state index contributed by atoms with van der Waals surface area (Å²) in [6.45, 7) is 9.11. The number of hydrogen-bond donors (Lipinski definition) is 0. The van der Waals surface area contributed by atoms with E-state index in [4.69, 9.17) is 17.0 Å². The van der Waals surface area contributed by atoms with Gasteiger partial charge in [-0.1, -0.05) is 0 Å². The molecule has 0 bridgehead atoms. The summed E-state index contributed by atoms with van der Waals surface area (Å²) in [5.41, 5.74) is 12.4. The van der Waals surface area contributed by atoms with Crippen molar-refractivity contribution >= 4 is 46.3 Å². The van der Waals surface area contributed by atoms with Gasteiger partial charge < -0.3 is 0 Å². The maximum atomic E-state index is 7.87. The molecule has 198 valence electrons. The van der Waals surface area contributed by atoms with Gasteiger partial charge in [0.25, 0.3) is 0 Å². The summed E-state index contributed by atoms with van der Waals surface area (Å²) >= 11 is -3.96. The molecule has 1 unspecified atom stereocenters. The summed E-state index contributed by atoms with van der Waals surface area (Å²) in [6.07, 6.45) is 5.88. The Balaban J connectivity index is 1.53. The van der Waals surface area contributed by atoms with Crippen LogP contribution in [0.1, 0.15) is 71.8 Å². The zero-order valence-corrected chi connectivity index (χ0v) is 28.7. The van der Waals surface area contributed by atoms with Gasteiger partial charge in [0.05, 0.1) is 0 Å². The molecule has 0 radical (unpaired) electrons. The summed E-state index contributed by atoms with van der Waals surface area (Å²) in [6, 6.07) is 29.3. The molecule has 4 aromatic rings. The number of unbranched alkanes of at least 4 members (excludes halogenated alkanes) is 1. The molecule has 0 amide bonds. The van der Waals surface area contributed by atoms with Crippen molar-refractivity contribution in [2.75, 3.05) is 0 Å². The molecule has 2 aliphatic rings. The molecule has 1 heterocycles. The van der Waals surface area contributed by atoms with E-state index in [1.54, 1.807) is 0 Å². The Morgan fingerprint density at radius 1 is 0.846 bits per heavy atom. The Morgan fingerprint density at radius 3 is 2.33 bits per heavy atom. The van der Waals surface area contributed by atoms with Gasteiger partial charge >= 0.3 is 250 Å². The minimum atomic E-state index is -3.96. The van der Waals surface area contributed by atoms with Gasteiger partial charge in [0.1, 0.15) is 0 Å². The first-order valence-corrected chi connectivity index (χ1v) is 24.7. The van der Waals surface area contributed by atoms with E-state index in [1.165, 1.54) is 70.1 Å². The first-order chi connectivity index (χ1) is 18.8. The van der Waals surface area contributed by atoms with Crippen LogP contribution < -0.4 is 13.6 Å². The summed E-state index contributed by atoms with van der Waals surface area (Å²) in [4.78, 5) is 0. The zero-order chi connectivity index (χ0) is 27.3. The van der Waals surface area contributed by atoms with E-state index in [1.807, 2.05) is 0 Å². The molecule has 0 N–H and O–H groups in total. The Labute approximate surface area is 247 Å². The van der Waals surface area contributed by atoms with E-state index >= 15 is 0 Å². The summed E-state index contributed by atoms with van der Waals surface area (Å²) in [7, 11) is 15.1. The van der Waals surface area contributed by atoms with Gasteiger partial charge in [-0.15, -0.1) is 0 Å². The van der Waals surface area contributed by atoms with Crippen molar-refractivity contribution in [1.82, 2.24) is 0 Å². The number of fused-ring (bicyclic) bond motifs is 4. The van der Waals surface area contributed by atoms with Crippen LogP contribution in [0, 0.1) is 6.92 Å². The fraction of sp³-hybridized carbons (Fsp3) is 0.257. The molecule has 0 aromatic heterocycles. The molecule has 0 saturated heterocycles. The topological polar surface area (TPSA) is 0 Å². The number of aryl methyl sites for hydroxylation is 1. The van der Waals surface area contributed by atoms with Gasteiger partial charge in [-0.05, 0) is 0 Å². The van der Waals surface area contributed by atoms with E-state index in [-0.39, 0.29) is 3.63 Å². The maximum absolute atomic E-state index is 7.87. The van der Waals surface area contributed by atoms with E-state index in [2.05, 4.69) is 113 Å². The molecule has 0 nitrogen and oxygen atoms in total. The zero-order valence-electron chi connectivity index (χ0n) is 23.3. The standard InChI is InChI=1S/C23H27.C12H9Si.2ClH.Zr/c1-5-6-9-18-14-19-13-12-17(4)23(22(19)15-18)21-11-8-7-10-20(21)16(2)3;1-3-7-11-9(5-1)10-6-2-4-8-12(10)13-11;;;/h7-8,10-16H,5-6,9H2,1-4H3;1-7H,13H2;2*1H;/q;;;;+2/p-2. The van der Waals surface area contributed by atoms with Gasteiger partial charge in [-0.3, -0.25) is 0 Å². The fourth-order valence-electron chi connectivity index (χ4n) is 6.86. The third-order valence-corrected chi connectivity index (χ3v) is 23.1. The van der Waals surface area contributed by atoms with Gasteiger partial charge in [0, 0.05) is 0 Å². The van der Waals surface area contributed by atoms with Crippen LogP contribution in [0.15, 0.2) is 84.4 Å². The number of halogens is 2. The molecule has 0 saturated carbocycles. The van der Waals surface area contributed by atoms with E-state index in [0.29, 0.717) is 5.92 Å².